The van der Waals surface area contributed by atoms with Crippen LogP contribution in [0.5, 0.6) is 5.75 Å². The van der Waals surface area contributed by atoms with E-state index in [4.69, 9.17) is 16.3 Å². The number of hydrogen-bond donors (Lipinski definition) is 1. The van der Waals surface area contributed by atoms with Crippen LogP contribution in [-0.4, -0.2) is 37.6 Å². The summed E-state index contributed by atoms with van der Waals surface area (Å²) in [5.41, 5.74) is 1.00. The summed E-state index contributed by atoms with van der Waals surface area (Å²) in [5, 5.41) is 3.62. The SMILES string of the molecule is CC(NC(=O)CN(C)CCOc1ccc(F)cc1)c1ccc(Cl)cc1. The Bertz CT molecular complexity index is 677. The molecule has 2 aromatic carbocycles. The highest BCUT2D eigenvalue weighted by atomic mass is 35.5. The summed E-state index contributed by atoms with van der Waals surface area (Å²) in [7, 11) is 1.85. The molecule has 0 bridgehead atoms. The molecule has 1 N–H and O–H groups in total. The number of rotatable bonds is 8. The molecule has 0 heterocycles. The summed E-state index contributed by atoms with van der Waals surface area (Å²) in [4.78, 5) is 14.0. The Labute approximate surface area is 152 Å². The zero-order chi connectivity index (χ0) is 18.2. The molecular weight excluding hydrogens is 343 g/mol. The summed E-state index contributed by atoms with van der Waals surface area (Å²) in [6, 6.07) is 13.2. The van der Waals surface area contributed by atoms with E-state index in [1.165, 1.54) is 12.1 Å². The number of ether oxygens (including phenoxy) is 1. The van der Waals surface area contributed by atoms with Gasteiger partial charge in [-0.25, -0.2) is 4.39 Å². The number of nitrogens with one attached hydrogen (secondary N) is 1. The molecule has 0 aliphatic heterocycles. The van der Waals surface area contributed by atoms with Gasteiger partial charge in [0.2, 0.25) is 5.91 Å². The van der Waals surface area contributed by atoms with E-state index < -0.39 is 0 Å². The third-order valence-corrected chi connectivity index (χ3v) is 3.97. The molecule has 25 heavy (non-hydrogen) atoms. The Kier molecular flexibility index (Phi) is 7.22. The van der Waals surface area contributed by atoms with Gasteiger partial charge in [0.15, 0.2) is 0 Å². The molecule has 2 aromatic rings. The summed E-state index contributed by atoms with van der Waals surface area (Å²) in [6.45, 7) is 3.20. The molecule has 0 aromatic heterocycles. The van der Waals surface area contributed by atoms with Crippen molar-refractivity contribution >= 4 is 17.5 Å². The first-order valence-electron chi connectivity index (χ1n) is 8.06. The Balaban J connectivity index is 1.70. The molecular formula is C19H22ClFN2O2. The quantitative estimate of drug-likeness (QED) is 0.777. The van der Waals surface area contributed by atoms with Gasteiger partial charge in [0.05, 0.1) is 12.6 Å². The minimum atomic E-state index is -0.295. The molecule has 0 spiro atoms. The van der Waals surface area contributed by atoms with E-state index in [-0.39, 0.29) is 24.3 Å². The third-order valence-electron chi connectivity index (χ3n) is 3.72. The fourth-order valence-corrected chi connectivity index (χ4v) is 2.42. The van der Waals surface area contributed by atoms with Crippen LogP contribution < -0.4 is 10.1 Å². The molecule has 1 unspecified atom stereocenters. The number of halogens is 2. The van der Waals surface area contributed by atoms with Crippen LogP contribution in [0, 0.1) is 5.82 Å². The van der Waals surface area contributed by atoms with Gasteiger partial charge in [-0.1, -0.05) is 23.7 Å². The first kappa shape index (κ1) is 19.2. The standard InChI is InChI=1S/C19H22ClFN2O2/c1-14(15-3-5-16(20)6-4-15)22-19(24)13-23(2)11-12-25-18-9-7-17(21)8-10-18/h3-10,14H,11-13H2,1-2H3,(H,22,24). The van der Waals surface area contributed by atoms with Gasteiger partial charge >= 0.3 is 0 Å². The highest BCUT2D eigenvalue weighted by molar-refractivity contribution is 6.30. The van der Waals surface area contributed by atoms with E-state index in [1.807, 2.05) is 31.0 Å². The number of nitrogens with zero attached hydrogens (tertiary/aromatic N) is 1. The number of carbonyl (C=O) groups is 1. The van der Waals surface area contributed by atoms with E-state index in [0.717, 1.165) is 5.56 Å². The fraction of sp³-hybridized carbons (Fsp3) is 0.316. The molecule has 1 atom stereocenters. The van der Waals surface area contributed by atoms with Crippen LogP contribution >= 0.6 is 11.6 Å². The van der Waals surface area contributed by atoms with Gasteiger partial charge in [-0.05, 0) is 55.9 Å². The number of carbonyl (C=O) groups excluding carboxylic acids is 1. The maximum absolute atomic E-state index is 12.8. The van der Waals surface area contributed by atoms with Gasteiger partial charge in [0, 0.05) is 11.6 Å². The first-order valence-corrected chi connectivity index (χ1v) is 8.43. The smallest absolute Gasteiger partial charge is 0.234 e. The predicted molar refractivity (Wildman–Crippen MR) is 97.4 cm³/mol. The lowest BCUT2D eigenvalue weighted by Gasteiger charge is -2.19. The van der Waals surface area contributed by atoms with Crippen LogP contribution in [0.25, 0.3) is 0 Å². The number of benzene rings is 2. The van der Waals surface area contributed by atoms with Crippen LogP contribution in [0.2, 0.25) is 5.02 Å². The van der Waals surface area contributed by atoms with E-state index in [9.17, 15) is 9.18 Å². The summed E-state index contributed by atoms with van der Waals surface area (Å²) < 4.78 is 18.3. The number of hydrogen-bond acceptors (Lipinski definition) is 3. The lowest BCUT2D eigenvalue weighted by molar-refractivity contribution is -0.122. The number of likely N-dealkylation sites (N-methyl/N-ethyl adjacent to an activating group) is 1. The van der Waals surface area contributed by atoms with E-state index in [2.05, 4.69) is 5.32 Å². The van der Waals surface area contributed by atoms with E-state index >= 15 is 0 Å². The average molecular weight is 365 g/mol. The number of amides is 1. The predicted octanol–water partition coefficient (Wildman–Crippen LogP) is 3.67. The van der Waals surface area contributed by atoms with Crippen LogP contribution in [0.15, 0.2) is 48.5 Å². The third kappa shape index (κ3) is 6.72. The molecule has 6 heteroatoms. The molecule has 0 radical (unpaired) electrons. The topological polar surface area (TPSA) is 41.6 Å². The van der Waals surface area contributed by atoms with Crippen molar-refractivity contribution in [2.45, 2.75) is 13.0 Å². The minimum Gasteiger partial charge on any atom is -0.492 e. The summed E-state index contributed by atoms with van der Waals surface area (Å²) in [5.74, 6) is 0.248. The average Bonchev–Trinajstić information content (AvgIpc) is 2.57. The van der Waals surface area contributed by atoms with Crippen molar-refractivity contribution in [2.75, 3.05) is 26.7 Å². The second-order valence-corrected chi connectivity index (χ2v) is 6.32. The molecule has 0 fully saturated rings. The zero-order valence-electron chi connectivity index (χ0n) is 14.3. The van der Waals surface area contributed by atoms with Crippen LogP contribution in [0.3, 0.4) is 0 Å². The summed E-state index contributed by atoms with van der Waals surface area (Å²) >= 11 is 5.87. The highest BCUT2D eigenvalue weighted by Gasteiger charge is 2.11. The van der Waals surface area contributed by atoms with Gasteiger partial charge < -0.3 is 10.1 Å². The van der Waals surface area contributed by atoms with Crippen molar-refractivity contribution in [3.63, 3.8) is 0 Å². The van der Waals surface area contributed by atoms with Crippen molar-refractivity contribution in [1.82, 2.24) is 10.2 Å². The molecule has 0 aliphatic carbocycles. The van der Waals surface area contributed by atoms with Crippen molar-refractivity contribution in [2.24, 2.45) is 0 Å². The zero-order valence-corrected chi connectivity index (χ0v) is 15.1. The Morgan fingerprint density at radius 3 is 2.48 bits per heavy atom. The molecule has 0 saturated carbocycles. The molecule has 0 aliphatic rings. The van der Waals surface area contributed by atoms with Crippen molar-refractivity contribution in [3.05, 3.63) is 64.9 Å². The fourth-order valence-electron chi connectivity index (χ4n) is 2.30. The van der Waals surface area contributed by atoms with Gasteiger partial charge in [-0.3, -0.25) is 9.69 Å². The van der Waals surface area contributed by atoms with E-state index in [0.29, 0.717) is 23.9 Å². The van der Waals surface area contributed by atoms with Gasteiger partial charge in [0.25, 0.3) is 0 Å². The van der Waals surface area contributed by atoms with Crippen LogP contribution in [-0.2, 0) is 4.79 Å². The van der Waals surface area contributed by atoms with Gasteiger partial charge in [0.1, 0.15) is 18.2 Å². The highest BCUT2D eigenvalue weighted by Crippen LogP contribution is 2.16. The van der Waals surface area contributed by atoms with Crippen molar-refractivity contribution in [1.29, 1.82) is 0 Å². The van der Waals surface area contributed by atoms with E-state index in [1.54, 1.807) is 24.3 Å². The second-order valence-electron chi connectivity index (χ2n) is 5.88. The van der Waals surface area contributed by atoms with Gasteiger partial charge in [-0.2, -0.15) is 0 Å². The normalized spacial score (nSPS) is 12.0. The van der Waals surface area contributed by atoms with Crippen molar-refractivity contribution in [3.8, 4) is 5.75 Å². The maximum atomic E-state index is 12.8. The molecule has 134 valence electrons. The van der Waals surface area contributed by atoms with Gasteiger partial charge in [-0.15, -0.1) is 0 Å². The Morgan fingerprint density at radius 2 is 1.84 bits per heavy atom. The van der Waals surface area contributed by atoms with Crippen LogP contribution in [0.1, 0.15) is 18.5 Å². The maximum Gasteiger partial charge on any atom is 0.234 e. The lowest BCUT2D eigenvalue weighted by atomic mass is 10.1. The van der Waals surface area contributed by atoms with Crippen molar-refractivity contribution < 1.29 is 13.9 Å². The Hall–Kier alpha value is -2.11. The molecule has 4 nitrogen and oxygen atoms in total. The second kappa shape index (κ2) is 9.39. The Morgan fingerprint density at radius 1 is 1.20 bits per heavy atom. The molecule has 2 rings (SSSR count). The molecule has 1 amide bonds. The lowest BCUT2D eigenvalue weighted by Crippen LogP contribution is -2.38. The first-order chi connectivity index (χ1) is 11.9. The summed E-state index contributed by atoms with van der Waals surface area (Å²) in [6.07, 6.45) is 0. The van der Waals surface area contributed by atoms with Crippen LogP contribution in [0.4, 0.5) is 4.39 Å². The minimum absolute atomic E-state index is 0.0632. The molecule has 0 saturated heterocycles. The largest absolute Gasteiger partial charge is 0.492 e. The monoisotopic (exact) mass is 364 g/mol.